The SMILES string of the molecule is COc1cc(-c2cc(N)on2)ccc1OC1CCC1. The fourth-order valence-electron chi connectivity index (χ4n) is 2.02. The second-order valence-corrected chi connectivity index (χ2v) is 4.65. The number of rotatable bonds is 4. The molecule has 1 aliphatic carbocycles. The van der Waals surface area contributed by atoms with Crippen molar-refractivity contribution in [2.75, 3.05) is 12.8 Å². The highest BCUT2D eigenvalue weighted by Gasteiger charge is 2.21. The van der Waals surface area contributed by atoms with Gasteiger partial charge in [-0.05, 0) is 37.5 Å². The molecule has 3 rings (SSSR count). The first-order valence-corrected chi connectivity index (χ1v) is 6.33. The van der Waals surface area contributed by atoms with E-state index in [2.05, 4.69) is 5.16 Å². The summed E-state index contributed by atoms with van der Waals surface area (Å²) < 4.78 is 16.1. The third-order valence-electron chi connectivity index (χ3n) is 3.33. The molecule has 0 radical (unpaired) electrons. The summed E-state index contributed by atoms with van der Waals surface area (Å²) in [5.74, 6) is 1.77. The molecule has 1 fully saturated rings. The van der Waals surface area contributed by atoms with Crippen LogP contribution < -0.4 is 15.2 Å². The summed E-state index contributed by atoms with van der Waals surface area (Å²) >= 11 is 0. The highest BCUT2D eigenvalue weighted by Crippen LogP contribution is 2.35. The fraction of sp³-hybridized carbons (Fsp3) is 0.357. The third kappa shape index (κ3) is 2.36. The van der Waals surface area contributed by atoms with Crippen molar-refractivity contribution >= 4 is 5.88 Å². The summed E-state index contributed by atoms with van der Waals surface area (Å²) in [6.45, 7) is 0. The van der Waals surface area contributed by atoms with E-state index >= 15 is 0 Å². The van der Waals surface area contributed by atoms with Crippen molar-refractivity contribution in [3.05, 3.63) is 24.3 Å². The Bertz CT molecular complexity index is 576. The Morgan fingerprint density at radius 2 is 2.11 bits per heavy atom. The molecular formula is C14H16N2O3. The number of anilines is 1. The van der Waals surface area contributed by atoms with Gasteiger partial charge < -0.3 is 19.7 Å². The number of ether oxygens (including phenoxy) is 2. The average molecular weight is 260 g/mol. The molecule has 0 amide bonds. The zero-order valence-electron chi connectivity index (χ0n) is 10.8. The zero-order valence-corrected chi connectivity index (χ0v) is 10.8. The summed E-state index contributed by atoms with van der Waals surface area (Å²) in [6, 6.07) is 7.39. The summed E-state index contributed by atoms with van der Waals surface area (Å²) in [5, 5.41) is 3.88. The first-order valence-electron chi connectivity index (χ1n) is 6.33. The lowest BCUT2D eigenvalue weighted by atomic mass is 9.96. The topological polar surface area (TPSA) is 70.5 Å². The van der Waals surface area contributed by atoms with Gasteiger partial charge in [-0.15, -0.1) is 0 Å². The van der Waals surface area contributed by atoms with Crippen LogP contribution in [0.4, 0.5) is 5.88 Å². The maximum Gasteiger partial charge on any atom is 0.222 e. The van der Waals surface area contributed by atoms with E-state index in [1.807, 2.05) is 18.2 Å². The van der Waals surface area contributed by atoms with Crippen LogP contribution in [0, 0.1) is 0 Å². The lowest BCUT2D eigenvalue weighted by Crippen LogP contribution is -2.24. The number of aromatic nitrogens is 1. The highest BCUT2D eigenvalue weighted by atomic mass is 16.5. The molecule has 0 saturated heterocycles. The zero-order chi connectivity index (χ0) is 13.2. The molecule has 0 aliphatic heterocycles. The summed E-state index contributed by atoms with van der Waals surface area (Å²) in [4.78, 5) is 0. The minimum atomic E-state index is 0.295. The van der Waals surface area contributed by atoms with Gasteiger partial charge in [-0.25, -0.2) is 0 Å². The lowest BCUT2D eigenvalue weighted by molar-refractivity contribution is 0.116. The number of methoxy groups -OCH3 is 1. The van der Waals surface area contributed by atoms with E-state index in [1.165, 1.54) is 6.42 Å². The Labute approximate surface area is 111 Å². The third-order valence-corrected chi connectivity index (χ3v) is 3.33. The molecule has 19 heavy (non-hydrogen) atoms. The Balaban J connectivity index is 1.87. The minimum Gasteiger partial charge on any atom is -0.493 e. The van der Waals surface area contributed by atoms with Gasteiger partial charge in [-0.3, -0.25) is 0 Å². The molecule has 100 valence electrons. The van der Waals surface area contributed by atoms with Crippen LogP contribution in [-0.4, -0.2) is 18.4 Å². The van der Waals surface area contributed by atoms with E-state index in [0.717, 1.165) is 24.2 Å². The standard InChI is InChI=1S/C14H16N2O3/c1-17-13-7-9(11-8-14(15)19-16-11)5-6-12(13)18-10-3-2-4-10/h5-8,10H,2-4,15H2,1H3. The molecule has 0 atom stereocenters. The number of benzene rings is 1. The monoisotopic (exact) mass is 260 g/mol. The Hall–Kier alpha value is -2.17. The van der Waals surface area contributed by atoms with Crippen LogP contribution >= 0.6 is 0 Å². The molecule has 1 aromatic heterocycles. The minimum absolute atomic E-state index is 0.295. The van der Waals surface area contributed by atoms with Crippen LogP contribution in [0.25, 0.3) is 11.3 Å². The van der Waals surface area contributed by atoms with Crippen LogP contribution in [0.5, 0.6) is 11.5 Å². The quantitative estimate of drug-likeness (QED) is 0.915. The van der Waals surface area contributed by atoms with Gasteiger partial charge in [0.05, 0.1) is 13.2 Å². The van der Waals surface area contributed by atoms with Crippen molar-refractivity contribution in [1.29, 1.82) is 0 Å². The van der Waals surface area contributed by atoms with Crippen molar-refractivity contribution in [2.24, 2.45) is 0 Å². The van der Waals surface area contributed by atoms with Gasteiger partial charge in [0.2, 0.25) is 5.88 Å². The van der Waals surface area contributed by atoms with Crippen molar-refractivity contribution in [3.8, 4) is 22.8 Å². The number of hydrogen-bond acceptors (Lipinski definition) is 5. The molecule has 1 saturated carbocycles. The molecule has 2 N–H and O–H groups in total. The molecule has 0 bridgehead atoms. The molecule has 0 unspecified atom stereocenters. The molecule has 5 heteroatoms. The van der Waals surface area contributed by atoms with Crippen molar-refractivity contribution in [2.45, 2.75) is 25.4 Å². The summed E-state index contributed by atoms with van der Waals surface area (Å²) in [7, 11) is 1.63. The maximum atomic E-state index is 5.87. The Kier molecular flexibility index (Phi) is 3.03. The number of nitrogen functional groups attached to an aromatic ring is 1. The molecule has 1 aromatic carbocycles. The van der Waals surface area contributed by atoms with Gasteiger partial charge in [-0.2, -0.15) is 0 Å². The molecular weight excluding hydrogens is 244 g/mol. The smallest absolute Gasteiger partial charge is 0.222 e. The van der Waals surface area contributed by atoms with Crippen LogP contribution in [0.1, 0.15) is 19.3 Å². The van der Waals surface area contributed by atoms with E-state index in [0.29, 0.717) is 23.4 Å². The van der Waals surface area contributed by atoms with Crippen LogP contribution in [0.2, 0.25) is 0 Å². The predicted molar refractivity (Wildman–Crippen MR) is 71.2 cm³/mol. The van der Waals surface area contributed by atoms with Crippen LogP contribution in [0.15, 0.2) is 28.8 Å². The number of hydrogen-bond donors (Lipinski definition) is 1. The molecule has 5 nitrogen and oxygen atoms in total. The second kappa shape index (κ2) is 4.84. The highest BCUT2D eigenvalue weighted by molar-refractivity contribution is 5.65. The van der Waals surface area contributed by atoms with Gasteiger partial charge in [0.1, 0.15) is 5.69 Å². The van der Waals surface area contributed by atoms with Crippen LogP contribution in [0.3, 0.4) is 0 Å². The van der Waals surface area contributed by atoms with Gasteiger partial charge >= 0.3 is 0 Å². The van der Waals surface area contributed by atoms with E-state index in [1.54, 1.807) is 13.2 Å². The first-order chi connectivity index (χ1) is 9.26. The van der Waals surface area contributed by atoms with Gasteiger partial charge in [0, 0.05) is 11.6 Å². The largest absolute Gasteiger partial charge is 0.493 e. The van der Waals surface area contributed by atoms with Crippen molar-refractivity contribution in [3.63, 3.8) is 0 Å². The summed E-state index contributed by atoms with van der Waals surface area (Å²) in [5.41, 5.74) is 7.10. The van der Waals surface area contributed by atoms with E-state index < -0.39 is 0 Å². The molecule has 1 heterocycles. The Morgan fingerprint density at radius 1 is 1.26 bits per heavy atom. The van der Waals surface area contributed by atoms with Gasteiger partial charge in [0.15, 0.2) is 11.5 Å². The number of nitrogens with zero attached hydrogens (tertiary/aromatic N) is 1. The van der Waals surface area contributed by atoms with Crippen LogP contribution in [-0.2, 0) is 0 Å². The van der Waals surface area contributed by atoms with E-state index in [-0.39, 0.29) is 0 Å². The van der Waals surface area contributed by atoms with Gasteiger partial charge in [-0.1, -0.05) is 5.16 Å². The molecule has 2 aromatic rings. The van der Waals surface area contributed by atoms with Crippen molar-refractivity contribution < 1.29 is 14.0 Å². The first kappa shape index (κ1) is 11.9. The second-order valence-electron chi connectivity index (χ2n) is 4.65. The lowest BCUT2D eigenvalue weighted by Gasteiger charge is -2.27. The maximum absolute atomic E-state index is 5.87. The average Bonchev–Trinajstić information content (AvgIpc) is 2.80. The fourth-order valence-corrected chi connectivity index (χ4v) is 2.02. The van der Waals surface area contributed by atoms with E-state index in [9.17, 15) is 0 Å². The molecule has 0 spiro atoms. The molecule has 1 aliphatic rings. The number of nitrogens with two attached hydrogens (primary N) is 1. The summed E-state index contributed by atoms with van der Waals surface area (Å²) in [6.07, 6.45) is 3.79. The predicted octanol–water partition coefficient (Wildman–Crippen LogP) is 2.86. The van der Waals surface area contributed by atoms with Crippen molar-refractivity contribution in [1.82, 2.24) is 5.16 Å². The van der Waals surface area contributed by atoms with Gasteiger partial charge in [0.25, 0.3) is 0 Å². The normalized spacial score (nSPS) is 15.0. The van der Waals surface area contributed by atoms with E-state index in [4.69, 9.17) is 19.7 Å². The Morgan fingerprint density at radius 3 is 2.68 bits per heavy atom.